The second-order valence-electron chi connectivity index (χ2n) is 6.65. The molecular weight excluding hydrogens is 270 g/mol. The van der Waals surface area contributed by atoms with Gasteiger partial charge in [0.15, 0.2) is 0 Å². The van der Waals surface area contributed by atoms with Gasteiger partial charge in [-0.2, -0.15) is 0 Å². The first-order valence-corrected chi connectivity index (χ1v) is 9.87. The average molecular weight is 311 g/mol. The molecule has 0 aromatic carbocycles. The van der Waals surface area contributed by atoms with Crippen LogP contribution in [0.3, 0.4) is 0 Å². The normalized spacial score (nSPS) is 10.8. The van der Waals surface area contributed by atoms with Gasteiger partial charge in [-0.15, -0.1) is 0 Å². The van der Waals surface area contributed by atoms with Gasteiger partial charge in [-0.3, -0.25) is 4.79 Å². The van der Waals surface area contributed by atoms with E-state index in [1.165, 1.54) is 96.3 Å². The van der Waals surface area contributed by atoms with Crippen molar-refractivity contribution in [1.29, 1.82) is 0 Å². The van der Waals surface area contributed by atoms with Crippen LogP contribution >= 0.6 is 0 Å². The predicted molar refractivity (Wildman–Crippen MR) is 97.9 cm³/mol. The Hall–Kier alpha value is -0.530. The molecule has 0 aliphatic rings. The standard InChI is InChI=1S/C20H40NO/c1-3-4-5-6-7-8-9-10-11-12-13-14-15-16-17-18-19-21-20(2)22/h2-19H2,1H3,(H,21,22). The van der Waals surface area contributed by atoms with Gasteiger partial charge in [-0.1, -0.05) is 103 Å². The van der Waals surface area contributed by atoms with Crippen molar-refractivity contribution >= 4 is 5.91 Å². The molecular formula is C20H40NO. The first-order valence-electron chi connectivity index (χ1n) is 9.87. The SMILES string of the molecule is [CH2]C(=O)NCCCCCCCCCCCCCCCCCC. The smallest absolute Gasteiger partial charge is 0.220 e. The summed E-state index contributed by atoms with van der Waals surface area (Å²) in [6.07, 6.45) is 22.1. The first kappa shape index (κ1) is 21.5. The highest BCUT2D eigenvalue weighted by atomic mass is 16.1. The number of amides is 1. The first-order chi connectivity index (χ1) is 10.8. The van der Waals surface area contributed by atoms with Crippen LogP contribution in [0.25, 0.3) is 0 Å². The Morgan fingerprint density at radius 2 is 0.955 bits per heavy atom. The largest absolute Gasteiger partial charge is 0.356 e. The maximum atomic E-state index is 10.6. The summed E-state index contributed by atoms with van der Waals surface area (Å²) < 4.78 is 0. The predicted octanol–water partition coefficient (Wildman–Crippen LogP) is 6.20. The second-order valence-corrected chi connectivity index (χ2v) is 6.65. The van der Waals surface area contributed by atoms with Gasteiger partial charge in [0.1, 0.15) is 0 Å². The van der Waals surface area contributed by atoms with Crippen LogP contribution in [0.4, 0.5) is 0 Å². The molecule has 0 saturated carbocycles. The lowest BCUT2D eigenvalue weighted by Gasteiger charge is -2.04. The van der Waals surface area contributed by atoms with E-state index in [4.69, 9.17) is 0 Å². The minimum absolute atomic E-state index is 0.152. The van der Waals surface area contributed by atoms with Gasteiger partial charge in [0, 0.05) is 13.5 Å². The van der Waals surface area contributed by atoms with Crippen LogP contribution in [-0.2, 0) is 4.79 Å². The Bertz CT molecular complexity index is 228. The summed E-state index contributed by atoms with van der Waals surface area (Å²) in [6, 6.07) is 0. The molecule has 0 unspecified atom stereocenters. The van der Waals surface area contributed by atoms with E-state index in [1.807, 2.05) is 0 Å². The van der Waals surface area contributed by atoms with Crippen LogP contribution in [0.1, 0.15) is 110 Å². The fraction of sp³-hybridized carbons (Fsp3) is 0.900. The molecule has 22 heavy (non-hydrogen) atoms. The molecule has 131 valence electrons. The summed E-state index contributed by atoms with van der Waals surface area (Å²) in [5.74, 6) is -0.152. The molecule has 1 radical (unpaired) electrons. The number of hydrogen-bond donors (Lipinski definition) is 1. The van der Waals surface area contributed by atoms with E-state index in [1.54, 1.807) is 0 Å². The van der Waals surface area contributed by atoms with Crippen LogP contribution in [0, 0.1) is 6.92 Å². The Balaban J connectivity index is 2.95. The van der Waals surface area contributed by atoms with Crippen molar-refractivity contribution in [3.63, 3.8) is 0 Å². The molecule has 1 amide bonds. The van der Waals surface area contributed by atoms with Crippen LogP contribution in [-0.4, -0.2) is 12.5 Å². The number of rotatable bonds is 17. The third kappa shape index (κ3) is 19.5. The minimum Gasteiger partial charge on any atom is -0.356 e. The molecule has 0 aromatic heterocycles. The van der Waals surface area contributed by atoms with E-state index in [-0.39, 0.29) is 5.91 Å². The topological polar surface area (TPSA) is 29.1 Å². The maximum Gasteiger partial charge on any atom is 0.220 e. The van der Waals surface area contributed by atoms with Crippen molar-refractivity contribution in [2.24, 2.45) is 0 Å². The van der Waals surface area contributed by atoms with Crippen molar-refractivity contribution in [3.8, 4) is 0 Å². The van der Waals surface area contributed by atoms with Crippen molar-refractivity contribution in [2.45, 2.75) is 110 Å². The zero-order valence-corrected chi connectivity index (χ0v) is 15.1. The maximum absolute atomic E-state index is 10.6. The van der Waals surface area contributed by atoms with Crippen LogP contribution in [0.2, 0.25) is 0 Å². The third-order valence-electron chi connectivity index (χ3n) is 4.35. The van der Waals surface area contributed by atoms with Gasteiger partial charge in [0.25, 0.3) is 0 Å². The van der Waals surface area contributed by atoms with E-state index in [0.29, 0.717) is 0 Å². The number of carbonyl (C=O) groups excluding carboxylic acids is 1. The van der Waals surface area contributed by atoms with Crippen molar-refractivity contribution < 1.29 is 4.79 Å². The van der Waals surface area contributed by atoms with Crippen LogP contribution in [0.15, 0.2) is 0 Å². The van der Waals surface area contributed by atoms with E-state index in [0.717, 1.165) is 13.0 Å². The minimum atomic E-state index is -0.152. The Morgan fingerprint density at radius 1 is 0.636 bits per heavy atom. The number of nitrogens with one attached hydrogen (secondary N) is 1. The van der Waals surface area contributed by atoms with Crippen LogP contribution in [0.5, 0.6) is 0 Å². The number of unbranched alkanes of at least 4 members (excludes halogenated alkanes) is 15. The van der Waals surface area contributed by atoms with E-state index >= 15 is 0 Å². The summed E-state index contributed by atoms with van der Waals surface area (Å²) in [4.78, 5) is 10.6. The summed E-state index contributed by atoms with van der Waals surface area (Å²) in [7, 11) is 0. The average Bonchev–Trinajstić information content (AvgIpc) is 2.50. The van der Waals surface area contributed by atoms with Crippen LogP contribution < -0.4 is 5.32 Å². The lowest BCUT2D eigenvalue weighted by molar-refractivity contribution is -0.116. The van der Waals surface area contributed by atoms with Crippen molar-refractivity contribution in [2.75, 3.05) is 6.54 Å². The highest BCUT2D eigenvalue weighted by Gasteiger charge is 1.95. The zero-order chi connectivity index (χ0) is 16.3. The molecule has 0 bridgehead atoms. The molecule has 0 aromatic rings. The summed E-state index contributed by atoms with van der Waals surface area (Å²) in [5, 5.41) is 2.75. The molecule has 0 saturated heterocycles. The van der Waals surface area contributed by atoms with Gasteiger partial charge in [-0.25, -0.2) is 0 Å². The molecule has 0 fully saturated rings. The summed E-state index contributed by atoms with van der Waals surface area (Å²) in [6.45, 7) is 6.37. The summed E-state index contributed by atoms with van der Waals surface area (Å²) in [5.41, 5.74) is 0. The molecule has 0 aliphatic heterocycles. The quantitative estimate of drug-likeness (QED) is 0.318. The number of carbonyl (C=O) groups is 1. The fourth-order valence-corrected chi connectivity index (χ4v) is 2.90. The van der Waals surface area contributed by atoms with Gasteiger partial charge >= 0.3 is 0 Å². The molecule has 2 nitrogen and oxygen atoms in total. The van der Waals surface area contributed by atoms with E-state index < -0.39 is 0 Å². The highest BCUT2D eigenvalue weighted by molar-refractivity contribution is 5.79. The molecule has 0 rings (SSSR count). The fourth-order valence-electron chi connectivity index (χ4n) is 2.90. The highest BCUT2D eigenvalue weighted by Crippen LogP contribution is 2.13. The number of hydrogen-bond acceptors (Lipinski definition) is 1. The molecule has 0 aliphatic carbocycles. The van der Waals surface area contributed by atoms with Gasteiger partial charge in [0.05, 0.1) is 0 Å². The van der Waals surface area contributed by atoms with E-state index in [9.17, 15) is 4.79 Å². The van der Waals surface area contributed by atoms with E-state index in [2.05, 4.69) is 19.2 Å². The zero-order valence-electron chi connectivity index (χ0n) is 15.1. The van der Waals surface area contributed by atoms with Gasteiger partial charge in [0.2, 0.25) is 5.91 Å². The molecule has 1 N–H and O–H groups in total. The Kier molecular flexibility index (Phi) is 18.1. The molecule has 0 heterocycles. The second kappa shape index (κ2) is 18.5. The molecule has 0 atom stereocenters. The molecule has 2 heteroatoms. The Labute approximate surface area is 139 Å². The lowest BCUT2D eigenvalue weighted by atomic mass is 10.0. The monoisotopic (exact) mass is 310 g/mol. The van der Waals surface area contributed by atoms with Crippen molar-refractivity contribution in [1.82, 2.24) is 5.32 Å². The third-order valence-corrected chi connectivity index (χ3v) is 4.35. The van der Waals surface area contributed by atoms with Gasteiger partial charge in [-0.05, 0) is 6.42 Å². The Morgan fingerprint density at radius 3 is 1.27 bits per heavy atom. The summed E-state index contributed by atoms with van der Waals surface area (Å²) >= 11 is 0. The van der Waals surface area contributed by atoms with Gasteiger partial charge < -0.3 is 5.32 Å². The molecule has 0 spiro atoms. The lowest BCUT2D eigenvalue weighted by Crippen LogP contribution is -2.20. The van der Waals surface area contributed by atoms with Crippen molar-refractivity contribution in [3.05, 3.63) is 6.92 Å².